The summed E-state index contributed by atoms with van der Waals surface area (Å²) in [5, 5.41) is 2.93. The highest BCUT2D eigenvalue weighted by Gasteiger charge is 2.16. The lowest BCUT2D eigenvalue weighted by Crippen LogP contribution is -2.14. The van der Waals surface area contributed by atoms with Crippen molar-refractivity contribution in [1.82, 2.24) is 0 Å². The maximum atomic E-state index is 11.8. The Labute approximate surface area is 114 Å². The van der Waals surface area contributed by atoms with E-state index < -0.39 is 11.9 Å². The third kappa shape index (κ3) is 2.95. The van der Waals surface area contributed by atoms with Gasteiger partial charge in [0.15, 0.2) is 5.76 Å². The molecule has 0 radical (unpaired) electrons. The third-order valence-corrected chi connectivity index (χ3v) is 2.62. The minimum absolute atomic E-state index is 0.144. The zero-order valence-corrected chi connectivity index (χ0v) is 10.7. The van der Waals surface area contributed by atoms with Crippen LogP contribution in [0.15, 0.2) is 41.0 Å². The Morgan fingerprint density at radius 1 is 1.32 bits per heavy atom. The van der Waals surface area contributed by atoms with Gasteiger partial charge in [0, 0.05) is 5.02 Å². The lowest BCUT2D eigenvalue weighted by Gasteiger charge is -2.09. The summed E-state index contributed by atoms with van der Waals surface area (Å²) in [5.74, 6) is -0.902. The molecular weight excluding hydrogens is 270 g/mol. The number of nitrogens with one attached hydrogen (secondary N) is 1. The summed E-state index contributed by atoms with van der Waals surface area (Å²) in [6.07, 6.45) is 1.39. The largest absolute Gasteiger partial charge is 0.465 e. The fourth-order valence-electron chi connectivity index (χ4n) is 1.50. The maximum absolute atomic E-state index is 11.8. The van der Waals surface area contributed by atoms with Gasteiger partial charge in [-0.3, -0.25) is 4.79 Å². The van der Waals surface area contributed by atoms with Crippen LogP contribution in [-0.2, 0) is 4.74 Å². The number of furan rings is 1. The number of esters is 1. The first kappa shape index (κ1) is 13.2. The Balaban J connectivity index is 2.29. The first-order valence-electron chi connectivity index (χ1n) is 5.34. The van der Waals surface area contributed by atoms with Crippen molar-refractivity contribution in [2.45, 2.75) is 0 Å². The lowest BCUT2D eigenvalue weighted by atomic mass is 10.1. The summed E-state index contributed by atoms with van der Waals surface area (Å²) in [6, 6.07) is 7.62. The molecule has 1 aromatic heterocycles. The highest BCUT2D eigenvalue weighted by Crippen LogP contribution is 2.22. The van der Waals surface area contributed by atoms with Gasteiger partial charge >= 0.3 is 5.97 Å². The van der Waals surface area contributed by atoms with Gasteiger partial charge in [0.1, 0.15) is 0 Å². The molecule has 19 heavy (non-hydrogen) atoms. The number of carbonyl (C=O) groups is 2. The Bertz CT molecular complexity index is 607. The molecule has 1 amide bonds. The Morgan fingerprint density at radius 3 is 2.74 bits per heavy atom. The van der Waals surface area contributed by atoms with E-state index in [1.807, 2.05) is 0 Å². The van der Waals surface area contributed by atoms with Gasteiger partial charge in [0.2, 0.25) is 0 Å². The van der Waals surface area contributed by atoms with Gasteiger partial charge in [-0.05, 0) is 30.3 Å². The second-order valence-electron chi connectivity index (χ2n) is 3.61. The van der Waals surface area contributed by atoms with E-state index in [4.69, 9.17) is 16.0 Å². The number of methoxy groups -OCH3 is 1. The molecule has 1 aromatic carbocycles. The van der Waals surface area contributed by atoms with Crippen LogP contribution in [0.5, 0.6) is 0 Å². The topological polar surface area (TPSA) is 68.5 Å². The van der Waals surface area contributed by atoms with Gasteiger partial charge in [-0.25, -0.2) is 4.79 Å². The van der Waals surface area contributed by atoms with E-state index >= 15 is 0 Å². The number of hydrogen-bond donors (Lipinski definition) is 1. The lowest BCUT2D eigenvalue weighted by molar-refractivity contribution is 0.0602. The molecule has 0 fully saturated rings. The van der Waals surface area contributed by atoms with Gasteiger partial charge in [0.25, 0.3) is 5.91 Å². The third-order valence-electron chi connectivity index (χ3n) is 2.38. The molecular formula is C13H10ClNO4. The second kappa shape index (κ2) is 5.58. The van der Waals surface area contributed by atoms with Crippen LogP contribution in [0.3, 0.4) is 0 Å². The molecule has 1 heterocycles. The van der Waals surface area contributed by atoms with Gasteiger partial charge in [-0.1, -0.05) is 11.6 Å². The average Bonchev–Trinajstić information content (AvgIpc) is 2.94. The Morgan fingerprint density at radius 2 is 2.11 bits per heavy atom. The van der Waals surface area contributed by atoms with E-state index in [1.54, 1.807) is 12.1 Å². The number of carbonyl (C=O) groups excluding carboxylic acids is 2. The molecule has 0 unspecified atom stereocenters. The number of benzene rings is 1. The van der Waals surface area contributed by atoms with Gasteiger partial charge in [-0.2, -0.15) is 0 Å². The molecule has 0 atom stereocenters. The minimum atomic E-state index is -0.586. The van der Waals surface area contributed by atoms with Crippen molar-refractivity contribution in [3.05, 3.63) is 52.9 Å². The molecule has 6 heteroatoms. The van der Waals surface area contributed by atoms with E-state index in [9.17, 15) is 9.59 Å². The van der Waals surface area contributed by atoms with E-state index in [0.717, 1.165) is 0 Å². The molecule has 0 spiro atoms. The highest BCUT2D eigenvalue weighted by molar-refractivity contribution is 6.31. The number of amides is 1. The summed E-state index contributed by atoms with van der Waals surface area (Å²) >= 11 is 5.81. The van der Waals surface area contributed by atoms with E-state index in [2.05, 4.69) is 10.1 Å². The van der Waals surface area contributed by atoms with Crippen LogP contribution in [0.25, 0.3) is 0 Å². The molecule has 0 aliphatic rings. The van der Waals surface area contributed by atoms with E-state index in [1.165, 1.54) is 31.6 Å². The van der Waals surface area contributed by atoms with Gasteiger partial charge in [0.05, 0.1) is 24.6 Å². The average molecular weight is 280 g/mol. The zero-order valence-electron chi connectivity index (χ0n) is 9.98. The number of rotatable bonds is 3. The molecule has 2 aromatic rings. The minimum Gasteiger partial charge on any atom is -0.465 e. The first-order valence-corrected chi connectivity index (χ1v) is 5.72. The first-order chi connectivity index (χ1) is 9.11. The molecule has 98 valence electrons. The summed E-state index contributed by atoms with van der Waals surface area (Å²) in [4.78, 5) is 23.4. The second-order valence-corrected chi connectivity index (χ2v) is 4.05. The fraction of sp³-hybridized carbons (Fsp3) is 0.0769. The van der Waals surface area contributed by atoms with Crippen LogP contribution < -0.4 is 5.32 Å². The summed E-state index contributed by atoms with van der Waals surface area (Å²) in [7, 11) is 1.25. The number of halogens is 1. The van der Waals surface area contributed by atoms with Crippen molar-refractivity contribution in [3.63, 3.8) is 0 Å². The van der Waals surface area contributed by atoms with Crippen molar-refractivity contribution in [2.75, 3.05) is 12.4 Å². The van der Waals surface area contributed by atoms with Crippen molar-refractivity contribution in [2.24, 2.45) is 0 Å². The van der Waals surface area contributed by atoms with Crippen molar-refractivity contribution < 1.29 is 18.7 Å². The summed E-state index contributed by atoms with van der Waals surface area (Å²) < 4.78 is 9.60. The smallest absolute Gasteiger partial charge is 0.340 e. The van der Waals surface area contributed by atoms with Crippen molar-refractivity contribution in [3.8, 4) is 0 Å². The molecule has 0 saturated carbocycles. The van der Waals surface area contributed by atoms with E-state index in [-0.39, 0.29) is 11.3 Å². The normalized spacial score (nSPS) is 10.0. The maximum Gasteiger partial charge on any atom is 0.340 e. The number of hydrogen-bond acceptors (Lipinski definition) is 4. The van der Waals surface area contributed by atoms with Crippen LogP contribution in [0.4, 0.5) is 5.69 Å². The Hall–Kier alpha value is -2.27. The molecule has 5 nitrogen and oxygen atoms in total. The Kier molecular flexibility index (Phi) is 3.87. The molecule has 2 rings (SSSR count). The van der Waals surface area contributed by atoms with Crippen molar-refractivity contribution in [1.29, 1.82) is 0 Å². The number of ether oxygens (including phenoxy) is 1. The summed E-state index contributed by atoms with van der Waals surface area (Å²) in [5.41, 5.74) is 0.479. The van der Waals surface area contributed by atoms with Crippen molar-refractivity contribution >= 4 is 29.2 Å². The predicted molar refractivity (Wildman–Crippen MR) is 69.5 cm³/mol. The molecule has 0 aliphatic carbocycles. The SMILES string of the molecule is COC(=O)c1cc(Cl)ccc1NC(=O)c1ccco1. The van der Waals surface area contributed by atoms with E-state index in [0.29, 0.717) is 10.7 Å². The standard InChI is InChI=1S/C13H10ClNO4/c1-18-13(17)9-7-8(14)4-5-10(9)15-12(16)11-3-2-6-19-11/h2-7H,1H3,(H,15,16). The monoisotopic (exact) mass is 279 g/mol. The van der Waals surface area contributed by atoms with Crippen LogP contribution >= 0.6 is 11.6 Å². The van der Waals surface area contributed by atoms with Crippen LogP contribution in [0.1, 0.15) is 20.9 Å². The zero-order chi connectivity index (χ0) is 13.8. The van der Waals surface area contributed by atoms with Gasteiger partial charge in [-0.15, -0.1) is 0 Å². The summed E-state index contributed by atoms with van der Waals surface area (Å²) in [6.45, 7) is 0. The van der Waals surface area contributed by atoms with Crippen LogP contribution in [0, 0.1) is 0 Å². The van der Waals surface area contributed by atoms with Gasteiger partial charge < -0.3 is 14.5 Å². The molecule has 0 bridgehead atoms. The predicted octanol–water partition coefficient (Wildman–Crippen LogP) is 2.97. The van der Waals surface area contributed by atoms with Crippen LogP contribution in [-0.4, -0.2) is 19.0 Å². The highest BCUT2D eigenvalue weighted by atomic mass is 35.5. The van der Waals surface area contributed by atoms with Crippen LogP contribution in [0.2, 0.25) is 5.02 Å². The number of anilines is 1. The molecule has 1 N–H and O–H groups in total. The molecule has 0 saturated heterocycles. The quantitative estimate of drug-likeness (QED) is 0.877. The molecule has 0 aliphatic heterocycles. The fourth-order valence-corrected chi connectivity index (χ4v) is 1.67.